The molecule has 1 fully saturated rings. The number of carbonyl (C=O) groups excluding carboxylic acids is 2. The second-order valence-corrected chi connectivity index (χ2v) is 4.69. The van der Waals surface area contributed by atoms with E-state index in [1.165, 1.54) is 0 Å². The summed E-state index contributed by atoms with van der Waals surface area (Å²) in [6.07, 6.45) is 1.08. The van der Waals surface area contributed by atoms with Gasteiger partial charge in [-0.1, -0.05) is 6.07 Å². The molecule has 1 amide bonds. The summed E-state index contributed by atoms with van der Waals surface area (Å²) >= 11 is 0. The van der Waals surface area contributed by atoms with E-state index in [1.54, 1.807) is 24.1 Å². The van der Waals surface area contributed by atoms with Crippen LogP contribution < -0.4 is 9.64 Å². The van der Waals surface area contributed by atoms with Crippen LogP contribution in [0.2, 0.25) is 0 Å². The second-order valence-electron chi connectivity index (χ2n) is 4.69. The SMILES string of the molecule is COc1cccc(N2CCC[C@H](C(=O)CC#N)C2=O)c1. The summed E-state index contributed by atoms with van der Waals surface area (Å²) in [7, 11) is 1.57. The quantitative estimate of drug-likeness (QED) is 0.785. The van der Waals surface area contributed by atoms with Crippen molar-refractivity contribution in [2.45, 2.75) is 19.3 Å². The number of hydrogen-bond donors (Lipinski definition) is 0. The van der Waals surface area contributed by atoms with Crippen LogP contribution in [0.3, 0.4) is 0 Å². The number of nitrogens with zero attached hydrogens (tertiary/aromatic N) is 2. The van der Waals surface area contributed by atoms with E-state index in [9.17, 15) is 9.59 Å². The summed E-state index contributed by atoms with van der Waals surface area (Å²) in [5.74, 6) is -0.523. The van der Waals surface area contributed by atoms with E-state index in [0.717, 1.165) is 12.1 Å². The van der Waals surface area contributed by atoms with Gasteiger partial charge in [0.2, 0.25) is 5.91 Å². The number of amides is 1. The summed E-state index contributed by atoms with van der Waals surface area (Å²) < 4.78 is 5.15. The molecule has 0 aromatic heterocycles. The minimum atomic E-state index is -0.686. The van der Waals surface area contributed by atoms with Crippen molar-refractivity contribution in [3.8, 4) is 11.8 Å². The molecule has 0 spiro atoms. The number of anilines is 1. The molecular formula is C15H16N2O3. The Labute approximate surface area is 117 Å². The largest absolute Gasteiger partial charge is 0.497 e. The third-order valence-corrected chi connectivity index (χ3v) is 3.45. The van der Waals surface area contributed by atoms with Crippen molar-refractivity contribution in [2.24, 2.45) is 5.92 Å². The van der Waals surface area contributed by atoms with Crippen molar-refractivity contribution in [3.63, 3.8) is 0 Å². The van der Waals surface area contributed by atoms with E-state index < -0.39 is 5.92 Å². The maximum Gasteiger partial charge on any atom is 0.237 e. The van der Waals surface area contributed by atoms with E-state index >= 15 is 0 Å². The fraction of sp³-hybridized carbons (Fsp3) is 0.400. The Balaban J connectivity index is 2.22. The molecule has 1 atom stereocenters. The van der Waals surface area contributed by atoms with Crippen LogP contribution in [0.15, 0.2) is 24.3 Å². The summed E-state index contributed by atoms with van der Waals surface area (Å²) in [6, 6.07) is 9.02. The molecular weight excluding hydrogens is 256 g/mol. The Kier molecular flexibility index (Phi) is 4.36. The average Bonchev–Trinajstić information content (AvgIpc) is 2.47. The highest BCUT2D eigenvalue weighted by atomic mass is 16.5. The molecule has 2 rings (SSSR count). The molecule has 1 aliphatic heterocycles. The monoisotopic (exact) mass is 272 g/mol. The first-order chi connectivity index (χ1) is 9.67. The highest BCUT2D eigenvalue weighted by Gasteiger charge is 2.34. The Morgan fingerprint density at radius 3 is 3.05 bits per heavy atom. The molecule has 104 valence electrons. The van der Waals surface area contributed by atoms with Gasteiger partial charge >= 0.3 is 0 Å². The summed E-state index contributed by atoms with van der Waals surface area (Å²) in [6.45, 7) is 0.586. The molecule has 0 N–H and O–H groups in total. The third-order valence-electron chi connectivity index (χ3n) is 3.45. The van der Waals surface area contributed by atoms with Crippen LogP contribution in [0, 0.1) is 17.2 Å². The first-order valence-corrected chi connectivity index (χ1v) is 6.52. The van der Waals surface area contributed by atoms with Gasteiger partial charge in [0.1, 0.15) is 5.75 Å². The standard InChI is InChI=1S/C15H16N2O3/c1-20-12-5-2-4-11(10-12)17-9-3-6-13(15(17)19)14(18)7-8-16/h2,4-5,10,13H,3,6-7,9H2,1H3/t13-/m1/s1. The Morgan fingerprint density at radius 1 is 1.55 bits per heavy atom. The first-order valence-electron chi connectivity index (χ1n) is 6.52. The van der Waals surface area contributed by atoms with Gasteiger partial charge in [0.15, 0.2) is 5.78 Å². The summed E-state index contributed by atoms with van der Waals surface area (Å²) in [5.41, 5.74) is 0.726. The minimum absolute atomic E-state index is 0.206. The molecule has 1 aromatic rings. The lowest BCUT2D eigenvalue weighted by molar-refractivity contribution is -0.133. The lowest BCUT2D eigenvalue weighted by Crippen LogP contribution is -2.44. The second kappa shape index (κ2) is 6.20. The van der Waals surface area contributed by atoms with Crippen molar-refractivity contribution in [1.82, 2.24) is 0 Å². The molecule has 0 saturated carbocycles. The molecule has 0 unspecified atom stereocenters. The number of Topliss-reactive ketones (excluding diaryl/α,β-unsaturated/α-hetero) is 1. The number of methoxy groups -OCH3 is 1. The van der Waals surface area contributed by atoms with Crippen molar-refractivity contribution < 1.29 is 14.3 Å². The number of ketones is 1. The highest BCUT2D eigenvalue weighted by molar-refractivity contribution is 6.09. The maximum atomic E-state index is 12.4. The van der Waals surface area contributed by atoms with E-state index in [2.05, 4.69) is 0 Å². The van der Waals surface area contributed by atoms with Crippen LogP contribution >= 0.6 is 0 Å². The lowest BCUT2D eigenvalue weighted by Gasteiger charge is -2.31. The minimum Gasteiger partial charge on any atom is -0.497 e. The fourth-order valence-electron chi connectivity index (χ4n) is 2.41. The molecule has 1 saturated heterocycles. The van der Waals surface area contributed by atoms with Crippen LogP contribution in [0.1, 0.15) is 19.3 Å². The number of rotatable bonds is 4. The van der Waals surface area contributed by atoms with Crippen molar-refractivity contribution in [2.75, 3.05) is 18.6 Å². The van der Waals surface area contributed by atoms with Crippen molar-refractivity contribution >= 4 is 17.4 Å². The van der Waals surface area contributed by atoms with E-state index in [-0.39, 0.29) is 18.1 Å². The highest BCUT2D eigenvalue weighted by Crippen LogP contribution is 2.28. The summed E-state index contributed by atoms with van der Waals surface area (Å²) in [4.78, 5) is 25.8. The van der Waals surface area contributed by atoms with E-state index in [4.69, 9.17) is 10.00 Å². The van der Waals surface area contributed by atoms with Gasteiger partial charge in [-0.25, -0.2) is 0 Å². The molecule has 1 heterocycles. The number of nitriles is 1. The zero-order valence-corrected chi connectivity index (χ0v) is 11.3. The smallest absolute Gasteiger partial charge is 0.237 e. The van der Waals surface area contributed by atoms with Gasteiger partial charge in [-0.3, -0.25) is 9.59 Å². The van der Waals surface area contributed by atoms with Crippen molar-refractivity contribution in [3.05, 3.63) is 24.3 Å². The Hall–Kier alpha value is -2.35. The van der Waals surface area contributed by atoms with Gasteiger partial charge in [-0.2, -0.15) is 5.26 Å². The molecule has 5 heteroatoms. The maximum absolute atomic E-state index is 12.4. The van der Waals surface area contributed by atoms with Gasteiger partial charge in [0.25, 0.3) is 0 Å². The zero-order valence-electron chi connectivity index (χ0n) is 11.3. The first kappa shape index (κ1) is 14.1. The van der Waals surface area contributed by atoms with Gasteiger partial charge in [0, 0.05) is 18.3 Å². The Morgan fingerprint density at radius 2 is 2.35 bits per heavy atom. The number of ether oxygens (including phenoxy) is 1. The van der Waals surface area contributed by atoms with Crippen LogP contribution in [0.25, 0.3) is 0 Å². The predicted molar refractivity (Wildman–Crippen MR) is 73.3 cm³/mol. The lowest BCUT2D eigenvalue weighted by atomic mass is 9.91. The van der Waals surface area contributed by atoms with Crippen LogP contribution in [-0.4, -0.2) is 25.3 Å². The van der Waals surface area contributed by atoms with Crippen LogP contribution in [0.4, 0.5) is 5.69 Å². The van der Waals surface area contributed by atoms with E-state index in [1.807, 2.05) is 18.2 Å². The molecule has 5 nitrogen and oxygen atoms in total. The van der Waals surface area contributed by atoms with Crippen molar-refractivity contribution in [1.29, 1.82) is 5.26 Å². The van der Waals surface area contributed by atoms with Gasteiger partial charge in [0.05, 0.1) is 25.5 Å². The van der Waals surface area contributed by atoms with E-state index in [0.29, 0.717) is 18.7 Å². The number of piperidine rings is 1. The Bertz CT molecular complexity index is 562. The number of hydrogen-bond acceptors (Lipinski definition) is 4. The molecule has 0 aliphatic carbocycles. The predicted octanol–water partition coefficient (Wildman–Crippen LogP) is 1.92. The molecule has 0 radical (unpaired) electrons. The fourth-order valence-corrected chi connectivity index (χ4v) is 2.41. The normalized spacial score (nSPS) is 18.5. The molecule has 1 aromatic carbocycles. The summed E-state index contributed by atoms with van der Waals surface area (Å²) in [5, 5.41) is 8.59. The van der Waals surface area contributed by atoms with Crippen LogP contribution in [-0.2, 0) is 9.59 Å². The third kappa shape index (κ3) is 2.80. The molecule has 1 aliphatic rings. The topological polar surface area (TPSA) is 70.4 Å². The molecule has 20 heavy (non-hydrogen) atoms. The van der Waals surface area contributed by atoms with Gasteiger partial charge in [-0.05, 0) is 25.0 Å². The van der Waals surface area contributed by atoms with Gasteiger partial charge < -0.3 is 9.64 Å². The average molecular weight is 272 g/mol. The van der Waals surface area contributed by atoms with Gasteiger partial charge in [-0.15, -0.1) is 0 Å². The number of carbonyl (C=O) groups is 2. The molecule has 0 bridgehead atoms. The zero-order chi connectivity index (χ0) is 14.5. The van der Waals surface area contributed by atoms with Crippen LogP contribution in [0.5, 0.6) is 5.75 Å². The number of benzene rings is 1.